The number of aromatic nitrogens is 4. The highest BCUT2D eigenvalue weighted by Gasteiger charge is 2.19. The fourth-order valence-corrected chi connectivity index (χ4v) is 2.91. The highest BCUT2D eigenvalue weighted by Crippen LogP contribution is 2.20. The van der Waals surface area contributed by atoms with E-state index < -0.39 is 0 Å². The van der Waals surface area contributed by atoms with Gasteiger partial charge in [0, 0.05) is 6.54 Å². The van der Waals surface area contributed by atoms with Crippen LogP contribution in [0, 0.1) is 5.92 Å². The highest BCUT2D eigenvalue weighted by molar-refractivity contribution is 5.81. The summed E-state index contributed by atoms with van der Waals surface area (Å²) >= 11 is 0. The van der Waals surface area contributed by atoms with Crippen LogP contribution < -0.4 is 21.5 Å². The predicted molar refractivity (Wildman–Crippen MR) is 88.6 cm³/mol. The number of anilines is 1. The molecule has 1 atom stereocenters. The first-order valence-electron chi connectivity index (χ1n) is 8.28. The molecular formula is C15H24N6O2. The van der Waals surface area contributed by atoms with E-state index in [1.807, 2.05) is 0 Å². The Labute approximate surface area is 134 Å². The minimum Gasteiger partial charge on any atom is -0.463 e. The summed E-state index contributed by atoms with van der Waals surface area (Å²) in [6, 6.07) is 0.234. The van der Waals surface area contributed by atoms with Crippen molar-refractivity contribution in [2.24, 2.45) is 5.92 Å². The van der Waals surface area contributed by atoms with Gasteiger partial charge >= 0.3 is 11.7 Å². The maximum absolute atomic E-state index is 12.3. The number of piperidine rings is 1. The number of nitrogens with one attached hydrogen (secondary N) is 2. The molecule has 0 amide bonds. The van der Waals surface area contributed by atoms with E-state index in [1.165, 1.54) is 0 Å². The van der Waals surface area contributed by atoms with Gasteiger partial charge in [0.15, 0.2) is 11.5 Å². The summed E-state index contributed by atoms with van der Waals surface area (Å²) in [7, 11) is 0. The number of H-pyrrole nitrogens is 1. The fraction of sp³-hybridized carbons (Fsp3) is 0.667. The summed E-state index contributed by atoms with van der Waals surface area (Å²) in [6.07, 6.45) is 4.19. The molecule has 0 saturated carbocycles. The van der Waals surface area contributed by atoms with Gasteiger partial charge in [-0.1, -0.05) is 13.3 Å². The Bertz CT molecular complexity index is 717. The molecule has 0 unspecified atom stereocenters. The van der Waals surface area contributed by atoms with Gasteiger partial charge in [0.05, 0.1) is 6.61 Å². The molecule has 0 aromatic carbocycles. The van der Waals surface area contributed by atoms with Gasteiger partial charge in [0.2, 0.25) is 0 Å². The van der Waals surface area contributed by atoms with E-state index in [4.69, 9.17) is 10.5 Å². The number of unbranched alkanes of at least 4 members (excludes halogenated alkanes) is 1. The second-order valence-corrected chi connectivity index (χ2v) is 6.05. The molecule has 8 nitrogen and oxygen atoms in total. The van der Waals surface area contributed by atoms with Crippen molar-refractivity contribution >= 4 is 17.0 Å². The quantitative estimate of drug-likeness (QED) is 0.681. The molecule has 0 bridgehead atoms. The monoisotopic (exact) mass is 320 g/mol. The van der Waals surface area contributed by atoms with Crippen LogP contribution in [0.15, 0.2) is 4.79 Å². The van der Waals surface area contributed by atoms with Crippen molar-refractivity contribution in [3.8, 4) is 6.01 Å². The zero-order chi connectivity index (χ0) is 16.2. The first-order chi connectivity index (χ1) is 11.2. The third kappa shape index (κ3) is 3.47. The van der Waals surface area contributed by atoms with Gasteiger partial charge in [-0.05, 0) is 38.3 Å². The Hall–Kier alpha value is -2.09. The number of nitrogens with zero attached hydrogens (tertiary/aromatic N) is 3. The average Bonchev–Trinajstić information content (AvgIpc) is 2.86. The van der Waals surface area contributed by atoms with Crippen LogP contribution in [0.4, 0.5) is 5.82 Å². The third-order valence-corrected chi connectivity index (χ3v) is 4.20. The molecule has 0 spiro atoms. The second kappa shape index (κ2) is 6.99. The van der Waals surface area contributed by atoms with Gasteiger partial charge in [-0.3, -0.25) is 4.57 Å². The average molecular weight is 320 g/mol. The SMILES string of the molecule is CCCCOc1nc(N)c2[nH]c(=O)n(C[C@@H]3CCCNC3)c2n1. The standard InChI is InChI=1S/C15H24N6O2/c1-2-3-7-23-14-19-12(16)11-13(20-14)21(15(22)18-11)9-10-5-4-6-17-8-10/h10,17H,2-9H2,1H3,(H,18,22)(H2,16,19,20)/t10-/m1/s1. The van der Waals surface area contributed by atoms with E-state index in [0.29, 0.717) is 30.2 Å². The number of fused-ring (bicyclic) bond motifs is 1. The Kier molecular flexibility index (Phi) is 4.80. The number of hydrogen-bond donors (Lipinski definition) is 3. The van der Waals surface area contributed by atoms with Crippen LogP contribution in [0.5, 0.6) is 6.01 Å². The molecule has 2 aromatic heterocycles. The molecular weight excluding hydrogens is 296 g/mol. The van der Waals surface area contributed by atoms with Crippen molar-refractivity contribution in [1.29, 1.82) is 0 Å². The van der Waals surface area contributed by atoms with Crippen molar-refractivity contribution in [3.63, 3.8) is 0 Å². The molecule has 0 aliphatic carbocycles. The molecule has 23 heavy (non-hydrogen) atoms. The van der Waals surface area contributed by atoms with Crippen LogP contribution in [0.3, 0.4) is 0 Å². The maximum atomic E-state index is 12.3. The van der Waals surface area contributed by atoms with E-state index in [1.54, 1.807) is 4.57 Å². The van der Waals surface area contributed by atoms with E-state index in [9.17, 15) is 4.79 Å². The topological polar surface area (TPSA) is 111 Å². The lowest BCUT2D eigenvalue weighted by atomic mass is 10.00. The van der Waals surface area contributed by atoms with Crippen LogP contribution in [-0.2, 0) is 6.54 Å². The second-order valence-electron chi connectivity index (χ2n) is 6.05. The molecule has 3 rings (SSSR count). The number of nitrogen functional groups attached to an aromatic ring is 1. The number of ether oxygens (including phenoxy) is 1. The minimum absolute atomic E-state index is 0.197. The lowest BCUT2D eigenvalue weighted by molar-refractivity contribution is 0.286. The fourth-order valence-electron chi connectivity index (χ4n) is 2.91. The normalized spacial score (nSPS) is 18.4. The Balaban J connectivity index is 1.89. The molecule has 1 aliphatic rings. The predicted octanol–water partition coefficient (Wildman–Crippen LogP) is 0.880. The molecule has 8 heteroatoms. The van der Waals surface area contributed by atoms with Crippen LogP contribution in [0.25, 0.3) is 11.2 Å². The van der Waals surface area contributed by atoms with Crippen LogP contribution in [-0.4, -0.2) is 39.2 Å². The maximum Gasteiger partial charge on any atom is 0.327 e. The highest BCUT2D eigenvalue weighted by atomic mass is 16.5. The third-order valence-electron chi connectivity index (χ3n) is 4.20. The number of imidazole rings is 1. The molecule has 126 valence electrons. The molecule has 4 N–H and O–H groups in total. The zero-order valence-electron chi connectivity index (χ0n) is 13.5. The Morgan fingerprint density at radius 3 is 3.04 bits per heavy atom. The van der Waals surface area contributed by atoms with Gasteiger partial charge in [0.25, 0.3) is 0 Å². The van der Waals surface area contributed by atoms with Crippen LogP contribution in [0.2, 0.25) is 0 Å². The minimum atomic E-state index is -0.197. The lowest BCUT2D eigenvalue weighted by Crippen LogP contribution is -2.34. The van der Waals surface area contributed by atoms with Gasteiger partial charge < -0.3 is 20.8 Å². The lowest BCUT2D eigenvalue weighted by Gasteiger charge is -2.22. The number of hydrogen-bond acceptors (Lipinski definition) is 6. The summed E-state index contributed by atoms with van der Waals surface area (Å²) in [4.78, 5) is 23.5. The van der Waals surface area contributed by atoms with Gasteiger partial charge in [-0.25, -0.2) is 4.79 Å². The zero-order valence-corrected chi connectivity index (χ0v) is 13.5. The molecule has 2 aromatic rings. The van der Waals surface area contributed by atoms with Gasteiger partial charge in [-0.2, -0.15) is 9.97 Å². The summed E-state index contributed by atoms with van der Waals surface area (Å²) in [5, 5.41) is 3.36. The van der Waals surface area contributed by atoms with E-state index in [2.05, 4.69) is 27.2 Å². The van der Waals surface area contributed by atoms with Crippen molar-refractivity contribution in [2.45, 2.75) is 39.2 Å². The Morgan fingerprint density at radius 1 is 1.43 bits per heavy atom. The van der Waals surface area contributed by atoms with Crippen molar-refractivity contribution in [1.82, 2.24) is 24.8 Å². The number of aromatic amines is 1. The van der Waals surface area contributed by atoms with E-state index in [0.717, 1.165) is 38.8 Å². The van der Waals surface area contributed by atoms with E-state index >= 15 is 0 Å². The summed E-state index contributed by atoms with van der Waals surface area (Å²) < 4.78 is 7.20. The largest absolute Gasteiger partial charge is 0.463 e. The smallest absolute Gasteiger partial charge is 0.327 e. The summed E-state index contributed by atoms with van der Waals surface area (Å²) in [6.45, 7) is 5.21. The van der Waals surface area contributed by atoms with Crippen LogP contribution >= 0.6 is 0 Å². The molecule has 1 aliphatic heterocycles. The van der Waals surface area contributed by atoms with Gasteiger partial charge in [-0.15, -0.1) is 0 Å². The first-order valence-corrected chi connectivity index (χ1v) is 8.28. The number of nitrogens with two attached hydrogens (primary N) is 1. The Morgan fingerprint density at radius 2 is 2.30 bits per heavy atom. The van der Waals surface area contributed by atoms with Crippen molar-refractivity contribution < 1.29 is 4.74 Å². The summed E-state index contributed by atoms with van der Waals surface area (Å²) in [5.74, 6) is 0.667. The van der Waals surface area contributed by atoms with Crippen molar-refractivity contribution in [2.75, 3.05) is 25.4 Å². The van der Waals surface area contributed by atoms with Crippen LogP contribution in [0.1, 0.15) is 32.6 Å². The number of rotatable bonds is 6. The summed E-state index contributed by atoms with van der Waals surface area (Å²) in [5.41, 5.74) is 6.77. The first kappa shape index (κ1) is 15.8. The molecule has 0 radical (unpaired) electrons. The van der Waals surface area contributed by atoms with Gasteiger partial charge in [0.1, 0.15) is 5.52 Å². The molecule has 1 fully saturated rings. The molecule has 1 saturated heterocycles. The molecule has 3 heterocycles. The van der Waals surface area contributed by atoms with Crippen molar-refractivity contribution in [3.05, 3.63) is 10.5 Å². The van der Waals surface area contributed by atoms with E-state index in [-0.39, 0.29) is 17.5 Å².